The van der Waals surface area contributed by atoms with Crippen LogP contribution in [0.2, 0.25) is 0 Å². The molecule has 1 fully saturated rings. The average Bonchev–Trinajstić information content (AvgIpc) is 2.76. The van der Waals surface area contributed by atoms with Gasteiger partial charge < -0.3 is 9.84 Å². The molecule has 0 amide bonds. The summed E-state index contributed by atoms with van der Waals surface area (Å²) in [7, 11) is -2.42. The third-order valence-electron chi connectivity index (χ3n) is 3.67. The SMILES string of the molecule is COc1ccc(S(=O)(=O)N2CC(S)CC2(C)C(=O)O)cc1. The molecule has 1 aromatic rings. The van der Waals surface area contributed by atoms with E-state index in [1.165, 1.54) is 38.3 Å². The van der Waals surface area contributed by atoms with Gasteiger partial charge in [-0.3, -0.25) is 4.79 Å². The van der Waals surface area contributed by atoms with Crippen LogP contribution in [0.5, 0.6) is 5.75 Å². The van der Waals surface area contributed by atoms with Crippen LogP contribution < -0.4 is 4.74 Å². The fraction of sp³-hybridized carbons (Fsp3) is 0.462. The number of aliphatic carboxylic acids is 1. The summed E-state index contributed by atoms with van der Waals surface area (Å²) in [4.78, 5) is 11.5. The molecule has 1 aromatic carbocycles. The number of carboxylic acid groups (broad SMARTS) is 1. The van der Waals surface area contributed by atoms with E-state index in [1.54, 1.807) is 0 Å². The molecule has 2 unspecified atom stereocenters. The van der Waals surface area contributed by atoms with Gasteiger partial charge in [0.2, 0.25) is 10.0 Å². The number of thiol groups is 1. The van der Waals surface area contributed by atoms with Gasteiger partial charge in [0, 0.05) is 11.8 Å². The fourth-order valence-electron chi connectivity index (χ4n) is 2.45. The van der Waals surface area contributed by atoms with Gasteiger partial charge in [0.25, 0.3) is 0 Å². The minimum absolute atomic E-state index is 0.0400. The topological polar surface area (TPSA) is 83.9 Å². The van der Waals surface area contributed by atoms with E-state index in [-0.39, 0.29) is 23.1 Å². The second kappa shape index (κ2) is 5.51. The zero-order valence-corrected chi connectivity index (χ0v) is 13.4. The Morgan fingerprint density at radius 1 is 1.43 bits per heavy atom. The number of rotatable bonds is 4. The van der Waals surface area contributed by atoms with E-state index >= 15 is 0 Å². The average molecular weight is 331 g/mol. The maximum Gasteiger partial charge on any atom is 0.324 e. The molecule has 2 atom stereocenters. The Kier molecular flexibility index (Phi) is 4.23. The lowest BCUT2D eigenvalue weighted by Gasteiger charge is -2.30. The van der Waals surface area contributed by atoms with Crippen molar-refractivity contribution in [2.45, 2.75) is 29.0 Å². The molecule has 21 heavy (non-hydrogen) atoms. The van der Waals surface area contributed by atoms with Crippen LogP contribution in [-0.2, 0) is 14.8 Å². The van der Waals surface area contributed by atoms with E-state index in [4.69, 9.17) is 4.74 Å². The summed E-state index contributed by atoms with van der Waals surface area (Å²) >= 11 is 4.25. The Morgan fingerprint density at radius 2 is 2.00 bits per heavy atom. The molecule has 0 spiro atoms. The minimum atomic E-state index is -3.90. The first kappa shape index (κ1) is 16.1. The van der Waals surface area contributed by atoms with Gasteiger partial charge in [0.15, 0.2) is 0 Å². The Bertz CT molecular complexity index is 643. The molecule has 6 nitrogen and oxygen atoms in total. The van der Waals surface area contributed by atoms with Crippen molar-refractivity contribution < 1.29 is 23.1 Å². The van der Waals surface area contributed by atoms with Crippen LogP contribution in [0.4, 0.5) is 0 Å². The van der Waals surface area contributed by atoms with Crippen molar-refractivity contribution in [3.8, 4) is 5.75 Å². The van der Waals surface area contributed by atoms with E-state index < -0.39 is 21.5 Å². The molecule has 8 heteroatoms. The zero-order valence-electron chi connectivity index (χ0n) is 11.7. The number of benzene rings is 1. The van der Waals surface area contributed by atoms with Gasteiger partial charge in [-0.25, -0.2) is 8.42 Å². The lowest BCUT2D eigenvalue weighted by Crippen LogP contribution is -2.50. The molecule has 1 aliphatic heterocycles. The summed E-state index contributed by atoms with van der Waals surface area (Å²) in [5.74, 6) is -0.639. The quantitative estimate of drug-likeness (QED) is 0.811. The number of ether oxygens (including phenoxy) is 1. The predicted molar refractivity (Wildman–Crippen MR) is 80.3 cm³/mol. The third-order valence-corrected chi connectivity index (χ3v) is 6.01. The van der Waals surface area contributed by atoms with Gasteiger partial charge in [-0.15, -0.1) is 0 Å². The number of carbonyl (C=O) groups is 1. The molecule has 1 heterocycles. The van der Waals surface area contributed by atoms with Crippen LogP contribution in [0.15, 0.2) is 29.2 Å². The number of nitrogens with zero attached hydrogens (tertiary/aromatic N) is 1. The highest BCUT2D eigenvalue weighted by Gasteiger charge is 2.52. The molecule has 0 aliphatic carbocycles. The van der Waals surface area contributed by atoms with Crippen LogP contribution in [0.25, 0.3) is 0 Å². The van der Waals surface area contributed by atoms with Crippen LogP contribution in [0.3, 0.4) is 0 Å². The van der Waals surface area contributed by atoms with Crippen molar-refractivity contribution in [2.24, 2.45) is 0 Å². The fourth-order valence-corrected chi connectivity index (χ4v) is 4.87. The van der Waals surface area contributed by atoms with Crippen molar-refractivity contribution in [3.63, 3.8) is 0 Å². The van der Waals surface area contributed by atoms with Crippen LogP contribution in [-0.4, -0.2) is 48.2 Å². The summed E-state index contributed by atoms with van der Waals surface area (Å²) in [5, 5.41) is 9.09. The summed E-state index contributed by atoms with van der Waals surface area (Å²) in [6.45, 7) is 1.48. The smallest absolute Gasteiger partial charge is 0.324 e. The number of carboxylic acids is 1. The van der Waals surface area contributed by atoms with E-state index in [2.05, 4.69) is 12.6 Å². The van der Waals surface area contributed by atoms with Crippen molar-refractivity contribution in [3.05, 3.63) is 24.3 Å². The summed E-state index contributed by atoms with van der Waals surface area (Å²) < 4.78 is 31.4. The molecule has 2 rings (SSSR count). The second-order valence-corrected chi connectivity index (χ2v) is 7.74. The van der Waals surface area contributed by atoms with Crippen LogP contribution in [0.1, 0.15) is 13.3 Å². The molecule has 0 aromatic heterocycles. The zero-order chi connectivity index (χ0) is 15.8. The Hall–Kier alpha value is -1.25. The summed E-state index contributed by atoms with van der Waals surface area (Å²) in [6.07, 6.45) is 0.167. The Labute approximate surface area is 129 Å². The maximum atomic E-state index is 12.7. The highest BCUT2D eigenvalue weighted by Crippen LogP contribution is 2.37. The molecule has 1 N–H and O–H groups in total. The molecule has 116 valence electrons. The molecule has 0 bridgehead atoms. The normalized spacial score (nSPS) is 26.7. The van der Waals surface area contributed by atoms with Gasteiger partial charge in [0.1, 0.15) is 11.3 Å². The lowest BCUT2D eigenvalue weighted by molar-refractivity contribution is -0.146. The van der Waals surface area contributed by atoms with Crippen molar-refractivity contribution in [1.82, 2.24) is 4.31 Å². The van der Waals surface area contributed by atoms with Crippen molar-refractivity contribution in [2.75, 3.05) is 13.7 Å². The molecule has 0 radical (unpaired) electrons. The molecule has 0 saturated carbocycles. The summed E-state index contributed by atoms with van der Waals surface area (Å²) in [5.41, 5.74) is -1.48. The number of hydrogen-bond donors (Lipinski definition) is 2. The highest BCUT2D eigenvalue weighted by atomic mass is 32.2. The first-order valence-electron chi connectivity index (χ1n) is 6.30. The number of methoxy groups -OCH3 is 1. The first-order chi connectivity index (χ1) is 9.71. The first-order valence-corrected chi connectivity index (χ1v) is 8.26. The Balaban J connectivity index is 2.44. The predicted octanol–water partition coefficient (Wildman–Crippen LogP) is 1.23. The highest BCUT2D eigenvalue weighted by molar-refractivity contribution is 7.89. The minimum Gasteiger partial charge on any atom is -0.497 e. The van der Waals surface area contributed by atoms with E-state index in [1.807, 2.05) is 0 Å². The van der Waals surface area contributed by atoms with Crippen molar-refractivity contribution in [1.29, 1.82) is 0 Å². The molecule has 1 aliphatic rings. The van der Waals surface area contributed by atoms with E-state index in [0.717, 1.165) is 4.31 Å². The standard InChI is InChI=1S/C13H17NO5S2/c1-13(12(15)16)7-10(20)8-14(13)21(17,18)11-5-3-9(19-2)4-6-11/h3-6,10,20H,7-8H2,1-2H3,(H,15,16). The second-order valence-electron chi connectivity index (χ2n) is 5.15. The summed E-state index contributed by atoms with van der Waals surface area (Å²) in [6, 6.07) is 5.86. The van der Waals surface area contributed by atoms with Gasteiger partial charge >= 0.3 is 5.97 Å². The largest absolute Gasteiger partial charge is 0.497 e. The van der Waals surface area contributed by atoms with Gasteiger partial charge in [-0.2, -0.15) is 16.9 Å². The lowest BCUT2D eigenvalue weighted by atomic mass is 10.0. The number of sulfonamides is 1. The van der Waals surface area contributed by atoms with Crippen LogP contribution in [0, 0.1) is 0 Å². The number of hydrogen-bond acceptors (Lipinski definition) is 5. The molecular weight excluding hydrogens is 314 g/mol. The van der Waals surface area contributed by atoms with E-state index in [0.29, 0.717) is 5.75 Å². The maximum absolute atomic E-state index is 12.7. The monoisotopic (exact) mass is 331 g/mol. The molecule has 1 saturated heterocycles. The van der Waals surface area contributed by atoms with E-state index in [9.17, 15) is 18.3 Å². The molecular formula is C13H17NO5S2. The van der Waals surface area contributed by atoms with Gasteiger partial charge in [-0.1, -0.05) is 0 Å². The Morgan fingerprint density at radius 3 is 2.48 bits per heavy atom. The van der Waals surface area contributed by atoms with Gasteiger partial charge in [0.05, 0.1) is 12.0 Å². The van der Waals surface area contributed by atoms with Crippen LogP contribution >= 0.6 is 12.6 Å². The third kappa shape index (κ3) is 2.75. The van der Waals surface area contributed by atoms with Gasteiger partial charge in [-0.05, 0) is 37.6 Å². The van der Waals surface area contributed by atoms with Crippen molar-refractivity contribution >= 4 is 28.6 Å².